The molecule has 0 unspecified atom stereocenters. The molecule has 3 aromatic carbocycles. The molecule has 0 amide bonds. The SMILES string of the molecule is CCCC(=O)OCCCCCOc1ccc(-c2ccc(C(=O)Oc3ccc(C(=O)OC(C)C)cc3)cc2)cc1. The Hall–Kier alpha value is -4.13. The van der Waals surface area contributed by atoms with E-state index in [0.29, 0.717) is 36.5 Å². The van der Waals surface area contributed by atoms with Crippen molar-refractivity contribution in [3.05, 3.63) is 83.9 Å². The van der Waals surface area contributed by atoms with Crippen LogP contribution in [0.15, 0.2) is 72.8 Å². The summed E-state index contributed by atoms with van der Waals surface area (Å²) >= 11 is 0. The van der Waals surface area contributed by atoms with Crippen molar-refractivity contribution in [2.45, 2.75) is 59.0 Å². The van der Waals surface area contributed by atoms with Gasteiger partial charge in [-0.1, -0.05) is 31.2 Å². The number of benzene rings is 3. The van der Waals surface area contributed by atoms with E-state index in [-0.39, 0.29) is 12.1 Å². The quantitative estimate of drug-likeness (QED) is 0.125. The third kappa shape index (κ3) is 9.93. The zero-order valence-corrected chi connectivity index (χ0v) is 22.8. The Bertz CT molecular complexity index is 1200. The molecule has 39 heavy (non-hydrogen) atoms. The van der Waals surface area contributed by atoms with Gasteiger partial charge in [0.1, 0.15) is 11.5 Å². The molecule has 0 saturated carbocycles. The first-order valence-electron chi connectivity index (χ1n) is 13.4. The van der Waals surface area contributed by atoms with Gasteiger partial charge in [-0.3, -0.25) is 4.79 Å². The molecular weight excluding hydrogens is 496 g/mol. The Morgan fingerprint density at radius 3 is 1.82 bits per heavy atom. The Kier molecular flexibility index (Phi) is 11.6. The molecule has 7 heteroatoms. The van der Waals surface area contributed by atoms with Gasteiger partial charge in [-0.15, -0.1) is 0 Å². The van der Waals surface area contributed by atoms with Gasteiger partial charge < -0.3 is 18.9 Å². The van der Waals surface area contributed by atoms with Crippen LogP contribution < -0.4 is 9.47 Å². The average molecular weight is 533 g/mol. The zero-order chi connectivity index (χ0) is 28.0. The van der Waals surface area contributed by atoms with Gasteiger partial charge in [-0.2, -0.15) is 0 Å². The lowest BCUT2D eigenvalue weighted by molar-refractivity contribution is -0.143. The highest BCUT2D eigenvalue weighted by molar-refractivity contribution is 5.92. The predicted octanol–water partition coefficient (Wildman–Crippen LogP) is 7.03. The van der Waals surface area contributed by atoms with Crippen LogP contribution in [-0.4, -0.2) is 37.2 Å². The van der Waals surface area contributed by atoms with E-state index in [0.717, 1.165) is 42.6 Å². The lowest BCUT2D eigenvalue weighted by Crippen LogP contribution is -2.12. The van der Waals surface area contributed by atoms with Crippen molar-refractivity contribution >= 4 is 17.9 Å². The van der Waals surface area contributed by atoms with Gasteiger partial charge in [0.05, 0.1) is 30.4 Å². The van der Waals surface area contributed by atoms with Crippen LogP contribution in [0.4, 0.5) is 0 Å². The standard InChI is InChI=1S/C32H36O7/c1-4-8-30(33)37-22-7-5-6-21-36-28-17-13-25(14-18-28)24-9-11-26(12-10-24)32(35)39-29-19-15-27(16-20-29)31(34)38-23(2)3/h9-20,23H,4-8,21-22H2,1-3H3. The largest absolute Gasteiger partial charge is 0.494 e. The fourth-order valence-electron chi connectivity index (χ4n) is 3.68. The zero-order valence-electron chi connectivity index (χ0n) is 22.8. The van der Waals surface area contributed by atoms with Crippen LogP contribution in [0, 0.1) is 0 Å². The lowest BCUT2D eigenvalue weighted by atomic mass is 10.0. The summed E-state index contributed by atoms with van der Waals surface area (Å²) < 4.78 is 21.6. The number of hydrogen-bond donors (Lipinski definition) is 0. The van der Waals surface area contributed by atoms with Crippen LogP contribution in [-0.2, 0) is 14.3 Å². The van der Waals surface area contributed by atoms with E-state index in [4.69, 9.17) is 18.9 Å². The van der Waals surface area contributed by atoms with Crippen molar-refractivity contribution in [3.63, 3.8) is 0 Å². The summed E-state index contributed by atoms with van der Waals surface area (Å²) in [7, 11) is 0. The molecule has 0 atom stereocenters. The summed E-state index contributed by atoms with van der Waals surface area (Å²) in [4.78, 5) is 35.8. The molecule has 0 aliphatic rings. The molecule has 0 heterocycles. The second kappa shape index (κ2) is 15.3. The van der Waals surface area contributed by atoms with Gasteiger partial charge in [-0.25, -0.2) is 9.59 Å². The van der Waals surface area contributed by atoms with Crippen LogP contribution in [0.2, 0.25) is 0 Å². The van der Waals surface area contributed by atoms with Crippen molar-refractivity contribution in [2.24, 2.45) is 0 Å². The normalized spacial score (nSPS) is 10.7. The molecule has 7 nitrogen and oxygen atoms in total. The van der Waals surface area contributed by atoms with Gasteiger partial charge in [0.2, 0.25) is 0 Å². The number of esters is 3. The smallest absolute Gasteiger partial charge is 0.343 e. The number of hydrogen-bond acceptors (Lipinski definition) is 7. The Morgan fingerprint density at radius 2 is 1.21 bits per heavy atom. The number of ether oxygens (including phenoxy) is 4. The molecule has 206 valence electrons. The van der Waals surface area contributed by atoms with Crippen molar-refractivity contribution in [3.8, 4) is 22.6 Å². The molecule has 0 fully saturated rings. The van der Waals surface area contributed by atoms with Crippen LogP contribution in [0.5, 0.6) is 11.5 Å². The van der Waals surface area contributed by atoms with E-state index >= 15 is 0 Å². The van der Waals surface area contributed by atoms with Crippen molar-refractivity contribution in [1.29, 1.82) is 0 Å². The highest BCUT2D eigenvalue weighted by atomic mass is 16.5. The molecule has 0 aliphatic carbocycles. The Balaban J connectivity index is 1.43. The van der Waals surface area contributed by atoms with E-state index in [1.807, 2.05) is 43.3 Å². The third-order valence-electron chi connectivity index (χ3n) is 5.73. The summed E-state index contributed by atoms with van der Waals surface area (Å²) in [6, 6.07) is 21.2. The molecule has 0 aliphatic heterocycles. The van der Waals surface area contributed by atoms with Crippen LogP contribution in [0.25, 0.3) is 11.1 Å². The van der Waals surface area contributed by atoms with Gasteiger partial charge >= 0.3 is 17.9 Å². The van der Waals surface area contributed by atoms with Gasteiger partial charge in [-0.05, 0) is 99.2 Å². The fraction of sp³-hybridized carbons (Fsp3) is 0.344. The summed E-state index contributed by atoms with van der Waals surface area (Å²) in [5.41, 5.74) is 2.78. The molecule has 3 rings (SSSR count). The third-order valence-corrected chi connectivity index (χ3v) is 5.73. The number of carbonyl (C=O) groups is 3. The first-order chi connectivity index (χ1) is 18.9. The van der Waals surface area contributed by atoms with E-state index < -0.39 is 11.9 Å². The summed E-state index contributed by atoms with van der Waals surface area (Å²) in [5.74, 6) is 0.101. The van der Waals surface area contributed by atoms with E-state index in [9.17, 15) is 14.4 Å². The first kappa shape index (κ1) is 29.4. The van der Waals surface area contributed by atoms with Crippen LogP contribution in [0.1, 0.15) is 73.6 Å². The minimum Gasteiger partial charge on any atom is -0.494 e. The van der Waals surface area contributed by atoms with Gasteiger partial charge in [0.15, 0.2) is 0 Å². The predicted molar refractivity (Wildman–Crippen MR) is 149 cm³/mol. The minimum atomic E-state index is -0.484. The highest BCUT2D eigenvalue weighted by Gasteiger charge is 2.12. The average Bonchev–Trinajstić information content (AvgIpc) is 2.93. The molecule has 0 bridgehead atoms. The second-order valence-electron chi connectivity index (χ2n) is 9.35. The number of unbranched alkanes of at least 4 members (excludes halogenated alkanes) is 2. The number of rotatable bonds is 14. The Labute approximate surface area is 230 Å². The highest BCUT2D eigenvalue weighted by Crippen LogP contribution is 2.24. The summed E-state index contributed by atoms with van der Waals surface area (Å²) in [6.45, 7) is 6.59. The van der Waals surface area contributed by atoms with E-state index in [1.165, 1.54) is 0 Å². The van der Waals surface area contributed by atoms with Crippen molar-refractivity contribution in [2.75, 3.05) is 13.2 Å². The fourth-order valence-corrected chi connectivity index (χ4v) is 3.68. The molecule has 0 radical (unpaired) electrons. The van der Waals surface area contributed by atoms with Crippen LogP contribution in [0.3, 0.4) is 0 Å². The van der Waals surface area contributed by atoms with Gasteiger partial charge in [0, 0.05) is 6.42 Å². The lowest BCUT2D eigenvalue weighted by Gasteiger charge is -2.09. The molecule has 0 spiro atoms. The van der Waals surface area contributed by atoms with Gasteiger partial charge in [0.25, 0.3) is 0 Å². The minimum absolute atomic E-state index is 0.127. The van der Waals surface area contributed by atoms with E-state index in [2.05, 4.69) is 0 Å². The summed E-state index contributed by atoms with van der Waals surface area (Å²) in [5, 5.41) is 0. The first-order valence-corrected chi connectivity index (χ1v) is 13.4. The molecule has 0 aromatic heterocycles. The number of carbonyl (C=O) groups excluding carboxylic acids is 3. The second-order valence-corrected chi connectivity index (χ2v) is 9.35. The maximum absolute atomic E-state index is 12.6. The molecule has 0 saturated heterocycles. The van der Waals surface area contributed by atoms with Crippen molar-refractivity contribution in [1.82, 2.24) is 0 Å². The Morgan fingerprint density at radius 1 is 0.667 bits per heavy atom. The van der Waals surface area contributed by atoms with E-state index in [1.54, 1.807) is 50.2 Å². The molecular formula is C32H36O7. The monoisotopic (exact) mass is 532 g/mol. The van der Waals surface area contributed by atoms with Crippen LogP contribution >= 0.6 is 0 Å². The molecule has 0 N–H and O–H groups in total. The maximum atomic E-state index is 12.6. The maximum Gasteiger partial charge on any atom is 0.343 e. The van der Waals surface area contributed by atoms with Crippen molar-refractivity contribution < 1.29 is 33.3 Å². The molecule has 3 aromatic rings. The topological polar surface area (TPSA) is 88.1 Å². The summed E-state index contributed by atoms with van der Waals surface area (Å²) in [6.07, 6.45) is 3.74.